The maximum atomic E-state index is 12.4. The fourth-order valence-electron chi connectivity index (χ4n) is 2.54. The van der Waals surface area contributed by atoms with Gasteiger partial charge in [-0.05, 0) is 42.5 Å². The molecule has 0 aliphatic carbocycles. The van der Waals surface area contributed by atoms with E-state index in [1.54, 1.807) is 54.9 Å². The Hall–Kier alpha value is -3.93. The molecule has 0 aliphatic heterocycles. The summed E-state index contributed by atoms with van der Waals surface area (Å²) >= 11 is 0. The highest BCUT2D eigenvalue weighted by atomic mass is 16.5. The predicted molar refractivity (Wildman–Crippen MR) is 103 cm³/mol. The van der Waals surface area contributed by atoms with Crippen molar-refractivity contribution in [3.8, 4) is 22.8 Å². The van der Waals surface area contributed by atoms with Gasteiger partial charge in [0.25, 0.3) is 5.91 Å². The minimum absolute atomic E-state index is 0.257. The molecule has 2 N–H and O–H groups in total. The van der Waals surface area contributed by atoms with Crippen LogP contribution in [0.25, 0.3) is 11.3 Å². The standard InChI is InChI=1S/C21H16N4O2/c26-21(20-14-19(24-25-20)15-4-2-1-3-5-15)23-16-6-8-17(9-7-16)27-18-10-12-22-13-11-18/h1-14H,(H,23,26)(H,24,25). The molecule has 0 atom stereocenters. The Balaban J connectivity index is 1.42. The van der Waals surface area contributed by atoms with Crippen molar-refractivity contribution >= 4 is 11.6 Å². The van der Waals surface area contributed by atoms with E-state index in [2.05, 4.69) is 20.5 Å². The second-order valence-corrected chi connectivity index (χ2v) is 5.80. The lowest BCUT2D eigenvalue weighted by Crippen LogP contribution is -2.12. The fourth-order valence-corrected chi connectivity index (χ4v) is 2.54. The van der Waals surface area contributed by atoms with Crippen molar-refractivity contribution in [2.45, 2.75) is 0 Å². The van der Waals surface area contributed by atoms with Crippen LogP contribution in [0.4, 0.5) is 5.69 Å². The first kappa shape index (κ1) is 16.5. The smallest absolute Gasteiger partial charge is 0.273 e. The molecule has 0 radical (unpaired) electrons. The summed E-state index contributed by atoms with van der Waals surface area (Å²) in [5.74, 6) is 1.12. The van der Waals surface area contributed by atoms with Crippen LogP contribution in [0.5, 0.6) is 11.5 Å². The number of nitrogens with one attached hydrogen (secondary N) is 2. The van der Waals surface area contributed by atoms with E-state index in [-0.39, 0.29) is 5.91 Å². The molecule has 1 amide bonds. The second-order valence-electron chi connectivity index (χ2n) is 5.80. The maximum Gasteiger partial charge on any atom is 0.273 e. The van der Waals surface area contributed by atoms with Crippen LogP contribution in [0.1, 0.15) is 10.5 Å². The summed E-state index contributed by atoms with van der Waals surface area (Å²) in [6.45, 7) is 0. The van der Waals surface area contributed by atoms with Crippen molar-refractivity contribution in [3.63, 3.8) is 0 Å². The second kappa shape index (κ2) is 7.53. The third-order valence-corrected chi connectivity index (χ3v) is 3.89. The molecule has 2 aromatic heterocycles. The molecule has 6 heteroatoms. The third kappa shape index (κ3) is 4.01. The zero-order valence-corrected chi connectivity index (χ0v) is 14.3. The number of hydrogen-bond donors (Lipinski definition) is 2. The number of benzene rings is 2. The van der Waals surface area contributed by atoms with Gasteiger partial charge in [0, 0.05) is 23.6 Å². The van der Waals surface area contributed by atoms with Crippen molar-refractivity contribution in [1.29, 1.82) is 0 Å². The molecule has 0 spiro atoms. The SMILES string of the molecule is O=C(Nc1ccc(Oc2ccncc2)cc1)c1cc(-c2ccccc2)n[nH]1. The highest BCUT2D eigenvalue weighted by Crippen LogP contribution is 2.23. The normalized spacial score (nSPS) is 10.4. The maximum absolute atomic E-state index is 12.4. The first-order valence-electron chi connectivity index (χ1n) is 8.38. The molecule has 0 aliphatic rings. The molecule has 0 bridgehead atoms. The van der Waals surface area contributed by atoms with Gasteiger partial charge in [-0.2, -0.15) is 5.10 Å². The summed E-state index contributed by atoms with van der Waals surface area (Å²) in [6.07, 6.45) is 3.33. The number of amides is 1. The summed E-state index contributed by atoms with van der Waals surface area (Å²) < 4.78 is 5.71. The topological polar surface area (TPSA) is 79.9 Å². The molecular formula is C21H16N4O2. The van der Waals surface area contributed by atoms with Gasteiger partial charge in [-0.25, -0.2) is 0 Å². The van der Waals surface area contributed by atoms with E-state index >= 15 is 0 Å². The molecule has 4 aromatic rings. The van der Waals surface area contributed by atoms with Gasteiger partial charge in [-0.15, -0.1) is 0 Å². The van der Waals surface area contributed by atoms with E-state index in [0.29, 0.717) is 22.9 Å². The highest BCUT2D eigenvalue weighted by molar-refractivity contribution is 6.03. The molecule has 0 saturated carbocycles. The molecule has 6 nitrogen and oxygen atoms in total. The van der Waals surface area contributed by atoms with E-state index in [4.69, 9.17) is 4.74 Å². The number of ether oxygens (including phenoxy) is 1. The van der Waals surface area contributed by atoms with E-state index in [0.717, 1.165) is 11.3 Å². The Labute approximate surface area is 155 Å². The number of rotatable bonds is 5. The number of aromatic nitrogens is 3. The average molecular weight is 356 g/mol. The lowest BCUT2D eigenvalue weighted by Gasteiger charge is -2.07. The molecular weight excluding hydrogens is 340 g/mol. The minimum Gasteiger partial charge on any atom is -0.457 e. The number of hydrogen-bond acceptors (Lipinski definition) is 4. The van der Waals surface area contributed by atoms with Crippen molar-refractivity contribution in [2.24, 2.45) is 0 Å². The molecule has 27 heavy (non-hydrogen) atoms. The van der Waals surface area contributed by atoms with E-state index in [1.165, 1.54) is 0 Å². The zero-order valence-electron chi connectivity index (χ0n) is 14.3. The van der Waals surface area contributed by atoms with Crippen LogP contribution in [0.15, 0.2) is 85.2 Å². The molecule has 0 saturated heterocycles. The number of nitrogens with zero attached hydrogens (tertiary/aromatic N) is 2. The number of carbonyl (C=O) groups is 1. The molecule has 2 aromatic carbocycles. The van der Waals surface area contributed by atoms with Crippen molar-refractivity contribution in [1.82, 2.24) is 15.2 Å². The van der Waals surface area contributed by atoms with Crippen LogP contribution in [-0.4, -0.2) is 21.1 Å². The van der Waals surface area contributed by atoms with Crippen LogP contribution in [-0.2, 0) is 0 Å². The predicted octanol–water partition coefficient (Wildman–Crippen LogP) is 4.52. The van der Waals surface area contributed by atoms with Crippen LogP contribution in [0, 0.1) is 0 Å². The van der Waals surface area contributed by atoms with E-state index in [1.807, 2.05) is 30.3 Å². The van der Waals surface area contributed by atoms with Crippen LogP contribution in [0.3, 0.4) is 0 Å². The first-order chi connectivity index (χ1) is 13.3. The molecule has 0 unspecified atom stereocenters. The van der Waals surface area contributed by atoms with Gasteiger partial charge in [-0.1, -0.05) is 30.3 Å². The summed E-state index contributed by atoms with van der Waals surface area (Å²) in [5, 5.41) is 9.81. The monoisotopic (exact) mass is 356 g/mol. The quantitative estimate of drug-likeness (QED) is 0.551. The summed E-state index contributed by atoms with van der Waals surface area (Å²) in [4.78, 5) is 16.4. The minimum atomic E-state index is -0.257. The van der Waals surface area contributed by atoms with E-state index in [9.17, 15) is 4.79 Å². The lowest BCUT2D eigenvalue weighted by molar-refractivity contribution is 0.102. The molecule has 132 valence electrons. The van der Waals surface area contributed by atoms with Gasteiger partial charge in [0.15, 0.2) is 0 Å². The third-order valence-electron chi connectivity index (χ3n) is 3.89. The molecule has 4 rings (SSSR count). The molecule has 0 fully saturated rings. The number of carbonyl (C=O) groups excluding carboxylic acids is 1. The molecule has 2 heterocycles. The average Bonchev–Trinajstić information content (AvgIpc) is 3.21. The lowest BCUT2D eigenvalue weighted by atomic mass is 10.1. The van der Waals surface area contributed by atoms with Gasteiger partial charge in [0.2, 0.25) is 0 Å². The summed E-state index contributed by atoms with van der Waals surface area (Å²) in [7, 11) is 0. The van der Waals surface area contributed by atoms with Crippen LogP contribution < -0.4 is 10.1 Å². The first-order valence-corrected chi connectivity index (χ1v) is 8.38. The highest BCUT2D eigenvalue weighted by Gasteiger charge is 2.11. The van der Waals surface area contributed by atoms with Crippen molar-refractivity contribution in [3.05, 3.63) is 90.9 Å². The Morgan fingerprint density at radius 2 is 1.59 bits per heavy atom. The van der Waals surface area contributed by atoms with Gasteiger partial charge in [0.05, 0.1) is 5.69 Å². The number of H-pyrrole nitrogens is 1. The van der Waals surface area contributed by atoms with E-state index < -0.39 is 0 Å². The van der Waals surface area contributed by atoms with Gasteiger partial charge in [0.1, 0.15) is 17.2 Å². The fraction of sp³-hybridized carbons (Fsp3) is 0. The number of pyridine rings is 1. The van der Waals surface area contributed by atoms with Crippen molar-refractivity contribution < 1.29 is 9.53 Å². The largest absolute Gasteiger partial charge is 0.457 e. The van der Waals surface area contributed by atoms with Crippen LogP contribution in [0.2, 0.25) is 0 Å². The van der Waals surface area contributed by atoms with Gasteiger partial charge in [-0.3, -0.25) is 14.9 Å². The Kier molecular flexibility index (Phi) is 4.61. The summed E-state index contributed by atoms with van der Waals surface area (Å²) in [6, 6.07) is 22.1. The Morgan fingerprint density at radius 1 is 0.889 bits per heavy atom. The van der Waals surface area contributed by atoms with Gasteiger partial charge < -0.3 is 10.1 Å². The summed E-state index contributed by atoms with van der Waals surface area (Å²) in [5.41, 5.74) is 2.73. The Bertz CT molecular complexity index is 1030. The van der Waals surface area contributed by atoms with Crippen molar-refractivity contribution in [2.75, 3.05) is 5.32 Å². The zero-order chi connectivity index (χ0) is 18.5. The Morgan fingerprint density at radius 3 is 2.33 bits per heavy atom. The number of anilines is 1. The van der Waals surface area contributed by atoms with Gasteiger partial charge >= 0.3 is 0 Å². The number of aromatic amines is 1. The van der Waals surface area contributed by atoms with Crippen LogP contribution >= 0.6 is 0 Å².